The van der Waals surface area contributed by atoms with E-state index in [1.165, 1.54) is 20.8 Å². The Kier molecular flexibility index (Phi) is 8.44. The molecule has 1 atom stereocenters. The van der Waals surface area contributed by atoms with Gasteiger partial charge in [-0.15, -0.1) is 0 Å². The molecule has 2 amide bonds. The summed E-state index contributed by atoms with van der Waals surface area (Å²) in [5, 5.41) is 4.63. The summed E-state index contributed by atoms with van der Waals surface area (Å²) in [6.07, 6.45) is -12.8. The Bertz CT molecular complexity index is 1490. The van der Waals surface area contributed by atoms with Crippen molar-refractivity contribution >= 4 is 33.4 Å². The fourth-order valence-electron chi connectivity index (χ4n) is 3.91. The fraction of sp³-hybridized carbons (Fsp3) is 0.440. The molecule has 9 nitrogen and oxygen atoms in total. The van der Waals surface area contributed by atoms with Crippen LogP contribution in [-0.2, 0) is 25.7 Å². The lowest BCUT2D eigenvalue weighted by Gasteiger charge is -2.42. The van der Waals surface area contributed by atoms with Gasteiger partial charge in [0.2, 0.25) is 11.5 Å². The third-order valence-electron chi connectivity index (χ3n) is 6.24. The lowest BCUT2D eigenvalue weighted by molar-refractivity contribution is -0.242. The van der Waals surface area contributed by atoms with Gasteiger partial charge in [0.15, 0.2) is 0 Å². The van der Waals surface area contributed by atoms with E-state index in [9.17, 15) is 48.7 Å². The van der Waals surface area contributed by atoms with Gasteiger partial charge in [-0.25, -0.2) is 17.6 Å². The summed E-state index contributed by atoms with van der Waals surface area (Å²) in [5.41, 5.74) is -6.53. The van der Waals surface area contributed by atoms with E-state index in [4.69, 9.17) is 4.74 Å². The number of alkyl halides is 6. The van der Waals surface area contributed by atoms with Gasteiger partial charge in [-0.05, 0) is 64.1 Å². The van der Waals surface area contributed by atoms with Gasteiger partial charge in [0.25, 0.3) is 10.0 Å². The lowest BCUT2D eigenvalue weighted by atomic mass is 9.95. The highest BCUT2D eigenvalue weighted by Gasteiger charge is 2.51. The molecule has 0 saturated heterocycles. The zero-order chi connectivity index (χ0) is 32.1. The topological polar surface area (TPSA) is 114 Å². The number of hydrogen-bond acceptors (Lipinski definition) is 6. The van der Waals surface area contributed by atoms with Crippen molar-refractivity contribution in [1.29, 1.82) is 0 Å². The van der Waals surface area contributed by atoms with Gasteiger partial charge < -0.3 is 14.8 Å². The molecule has 0 spiro atoms. The second-order valence-electron chi connectivity index (χ2n) is 10.4. The van der Waals surface area contributed by atoms with Gasteiger partial charge in [-0.1, -0.05) is 0 Å². The van der Waals surface area contributed by atoms with Gasteiger partial charge in [-0.2, -0.15) is 26.3 Å². The summed E-state index contributed by atoms with van der Waals surface area (Å²) in [6.45, 7) is 4.83. The first kappa shape index (κ1) is 32.8. The van der Waals surface area contributed by atoms with Gasteiger partial charge in [0, 0.05) is 12.6 Å². The zero-order valence-electron chi connectivity index (χ0n) is 22.7. The highest BCUT2D eigenvalue weighted by Crippen LogP contribution is 2.42. The van der Waals surface area contributed by atoms with Crippen LogP contribution in [0.4, 0.5) is 46.9 Å². The Morgan fingerprint density at radius 1 is 1.00 bits per heavy atom. The summed E-state index contributed by atoms with van der Waals surface area (Å²) in [4.78, 5) is 23.0. The van der Waals surface area contributed by atoms with Crippen LogP contribution in [0.3, 0.4) is 0 Å². The molecule has 0 bridgehead atoms. The Balaban J connectivity index is 2.10. The maximum Gasteiger partial charge on any atom is 0.427 e. The minimum Gasteiger partial charge on any atom is -0.484 e. The maximum absolute atomic E-state index is 13.9. The number of fused-ring (bicyclic) bond motifs is 1. The number of hydrogen-bond donors (Lipinski definition) is 2. The van der Waals surface area contributed by atoms with Crippen LogP contribution >= 0.6 is 0 Å². The van der Waals surface area contributed by atoms with Crippen LogP contribution in [0.5, 0.6) is 5.75 Å². The summed E-state index contributed by atoms with van der Waals surface area (Å²) in [6, 6.07) is 4.38. The highest BCUT2D eigenvalue weighted by molar-refractivity contribution is 7.92. The van der Waals surface area contributed by atoms with Crippen LogP contribution in [0.25, 0.3) is 0 Å². The number of carbonyl (C=O) groups excluding carboxylic acids is 2. The van der Waals surface area contributed by atoms with Crippen molar-refractivity contribution in [2.24, 2.45) is 0 Å². The summed E-state index contributed by atoms with van der Waals surface area (Å²) >= 11 is 0. The first-order valence-corrected chi connectivity index (χ1v) is 13.5. The first-order chi connectivity index (χ1) is 19.0. The minimum atomic E-state index is -5.23. The van der Waals surface area contributed by atoms with Gasteiger partial charge in [0.05, 0.1) is 28.2 Å². The molecular formula is C25H26F7N3O6S. The van der Waals surface area contributed by atoms with Crippen LogP contribution in [-0.4, -0.2) is 50.4 Å². The average Bonchev–Trinajstić information content (AvgIpc) is 2.80. The number of rotatable bonds is 6. The average molecular weight is 630 g/mol. The van der Waals surface area contributed by atoms with Crippen molar-refractivity contribution in [3.05, 3.63) is 47.8 Å². The monoisotopic (exact) mass is 629 g/mol. The Morgan fingerprint density at radius 3 is 2.17 bits per heavy atom. The van der Waals surface area contributed by atoms with E-state index in [1.54, 1.807) is 0 Å². The van der Waals surface area contributed by atoms with Crippen molar-refractivity contribution in [1.82, 2.24) is 5.32 Å². The molecule has 1 aliphatic rings. The number of benzene rings is 2. The number of anilines is 2. The molecule has 42 heavy (non-hydrogen) atoms. The maximum atomic E-state index is 13.9. The summed E-state index contributed by atoms with van der Waals surface area (Å²) < 4.78 is 132. The SMILES string of the molecule is CC(=O)NC(C)(C)C1CN(S(=O)(=O)c2ccc(F)c(C(F)(F)F)c2)c2cc(NC(=O)OC(C)(C)C(F)(F)F)ccc2O1. The van der Waals surface area contributed by atoms with Gasteiger partial charge in [-0.3, -0.25) is 14.4 Å². The lowest BCUT2D eigenvalue weighted by Crippen LogP contribution is -2.60. The Hall–Kier alpha value is -3.76. The Labute approximate surface area is 236 Å². The number of sulfonamides is 1. The Morgan fingerprint density at radius 2 is 1.62 bits per heavy atom. The first-order valence-electron chi connectivity index (χ1n) is 12.0. The van der Waals surface area contributed by atoms with Gasteiger partial charge >= 0.3 is 18.4 Å². The smallest absolute Gasteiger partial charge is 0.427 e. The van der Waals surface area contributed by atoms with Crippen molar-refractivity contribution < 1.29 is 58.2 Å². The molecule has 2 aromatic rings. The van der Waals surface area contributed by atoms with Crippen LogP contribution < -0.4 is 19.7 Å². The molecular weight excluding hydrogens is 603 g/mol. The highest BCUT2D eigenvalue weighted by atomic mass is 32.2. The van der Waals surface area contributed by atoms with E-state index in [1.807, 2.05) is 5.32 Å². The molecule has 1 aliphatic heterocycles. The normalized spacial score (nSPS) is 16.3. The molecule has 0 aliphatic carbocycles. The van der Waals surface area contributed by atoms with Crippen molar-refractivity contribution in [3.63, 3.8) is 0 Å². The predicted molar refractivity (Wildman–Crippen MR) is 135 cm³/mol. The summed E-state index contributed by atoms with van der Waals surface area (Å²) in [5.74, 6) is -2.38. The van der Waals surface area contributed by atoms with E-state index in [2.05, 4.69) is 10.1 Å². The molecule has 3 rings (SSSR count). The van der Waals surface area contributed by atoms with Gasteiger partial charge in [0.1, 0.15) is 17.7 Å². The van der Waals surface area contributed by atoms with E-state index in [-0.39, 0.29) is 23.2 Å². The third-order valence-corrected chi connectivity index (χ3v) is 8.02. The second-order valence-corrected chi connectivity index (χ2v) is 12.3. The number of halogens is 7. The standard InChI is InChI=1S/C25H26F7N3O6S/c1-13(36)34-22(2,3)20-12-35(42(38,39)15-7-8-17(26)16(11-15)24(27,28)29)18-10-14(6-9-19(18)40-20)33-21(37)41-23(4,5)25(30,31)32/h6-11,20H,12H2,1-5H3,(H,33,37)(H,34,36). The number of nitrogens with zero attached hydrogens (tertiary/aromatic N) is 1. The van der Waals surface area contributed by atoms with Crippen LogP contribution in [0.15, 0.2) is 41.3 Å². The molecule has 2 N–H and O–H groups in total. The van der Waals surface area contributed by atoms with Crippen molar-refractivity contribution in [2.45, 2.75) is 69.1 Å². The molecule has 17 heteroatoms. The number of nitrogens with one attached hydrogen (secondary N) is 2. The zero-order valence-corrected chi connectivity index (χ0v) is 23.5. The predicted octanol–water partition coefficient (Wildman–Crippen LogP) is 5.60. The molecule has 2 aromatic carbocycles. The van der Waals surface area contributed by atoms with Crippen molar-refractivity contribution in [3.8, 4) is 5.75 Å². The summed E-state index contributed by atoms with van der Waals surface area (Å²) in [7, 11) is -4.91. The van der Waals surface area contributed by atoms with E-state index in [0.717, 1.165) is 18.2 Å². The molecule has 1 heterocycles. The number of amides is 2. The van der Waals surface area contributed by atoms with E-state index in [0.29, 0.717) is 30.3 Å². The second kappa shape index (κ2) is 10.8. The minimum absolute atomic E-state index is 0.118. The molecule has 0 fully saturated rings. The third kappa shape index (κ3) is 6.82. The largest absolute Gasteiger partial charge is 0.484 e. The molecule has 0 saturated carbocycles. The van der Waals surface area contributed by atoms with E-state index >= 15 is 0 Å². The van der Waals surface area contributed by atoms with E-state index < -0.39 is 74.4 Å². The number of carbonyl (C=O) groups is 2. The van der Waals surface area contributed by atoms with Crippen LogP contribution in [0, 0.1) is 5.82 Å². The quantitative estimate of drug-likeness (QED) is 0.402. The molecule has 232 valence electrons. The molecule has 1 unspecified atom stereocenters. The molecule has 0 aromatic heterocycles. The fourth-order valence-corrected chi connectivity index (χ4v) is 5.40. The van der Waals surface area contributed by atoms with Crippen LogP contribution in [0.2, 0.25) is 0 Å². The number of ether oxygens (including phenoxy) is 2. The van der Waals surface area contributed by atoms with Crippen LogP contribution in [0.1, 0.15) is 40.2 Å². The van der Waals surface area contributed by atoms with Crippen molar-refractivity contribution in [2.75, 3.05) is 16.2 Å². The molecule has 0 radical (unpaired) electrons.